The van der Waals surface area contributed by atoms with Crippen LogP contribution in [-0.2, 0) is 13.0 Å². The van der Waals surface area contributed by atoms with Crippen molar-refractivity contribution in [1.82, 2.24) is 15.3 Å². The second kappa shape index (κ2) is 7.18. The molecule has 0 saturated carbocycles. The lowest BCUT2D eigenvalue weighted by atomic mass is 9.98. The fraction of sp³-hybridized carbons (Fsp3) is 0.476. The summed E-state index contributed by atoms with van der Waals surface area (Å²) in [6, 6.07) is 8.73. The van der Waals surface area contributed by atoms with Gasteiger partial charge in [-0.1, -0.05) is 12.1 Å². The number of methoxy groups -OCH3 is 1. The van der Waals surface area contributed by atoms with Crippen LogP contribution in [0.3, 0.4) is 0 Å². The summed E-state index contributed by atoms with van der Waals surface area (Å²) in [5, 5.41) is 2.90. The first kappa shape index (κ1) is 17.8. The molecule has 0 radical (unpaired) electrons. The molecule has 2 atom stereocenters. The summed E-state index contributed by atoms with van der Waals surface area (Å²) >= 11 is 0. The molecule has 0 aliphatic carbocycles. The van der Waals surface area contributed by atoms with E-state index in [2.05, 4.69) is 24.1 Å². The van der Waals surface area contributed by atoms with Gasteiger partial charge in [0.2, 0.25) is 5.95 Å². The molecule has 4 rings (SSSR count). The Bertz CT molecular complexity index is 840. The highest BCUT2D eigenvalue weighted by molar-refractivity contribution is 5.99. The number of fused-ring (bicyclic) bond motifs is 1. The van der Waals surface area contributed by atoms with Crippen LogP contribution in [0.4, 0.5) is 5.95 Å². The van der Waals surface area contributed by atoms with E-state index < -0.39 is 0 Å². The standard InChI is InChI=1S/C21H26N4O2/c1-13-5-4-6-14(2)25(13)21-23-17(19-18(24-21)12-22-20(19)26)11-15-7-9-16(27-3)10-8-15/h7-10,13-14H,4-6,11-12H2,1-3H3,(H,22,26)/t13-,14+. The fourth-order valence-electron chi connectivity index (χ4n) is 4.18. The third-order valence-electron chi connectivity index (χ3n) is 5.65. The number of benzene rings is 1. The van der Waals surface area contributed by atoms with Gasteiger partial charge in [0.25, 0.3) is 5.91 Å². The van der Waals surface area contributed by atoms with Gasteiger partial charge in [-0.25, -0.2) is 9.97 Å². The lowest BCUT2D eigenvalue weighted by molar-refractivity contribution is 0.0964. The maximum atomic E-state index is 12.4. The highest BCUT2D eigenvalue weighted by Gasteiger charge is 2.31. The van der Waals surface area contributed by atoms with Crippen LogP contribution in [-0.4, -0.2) is 35.1 Å². The number of piperidine rings is 1. The van der Waals surface area contributed by atoms with Crippen molar-refractivity contribution < 1.29 is 9.53 Å². The van der Waals surface area contributed by atoms with Gasteiger partial charge in [-0.15, -0.1) is 0 Å². The number of hydrogen-bond acceptors (Lipinski definition) is 5. The molecule has 1 aromatic heterocycles. The molecular weight excluding hydrogens is 340 g/mol. The summed E-state index contributed by atoms with van der Waals surface area (Å²) in [5.74, 6) is 1.51. The summed E-state index contributed by atoms with van der Waals surface area (Å²) in [7, 11) is 1.66. The number of carbonyl (C=O) groups excluding carboxylic acids is 1. The Morgan fingerprint density at radius 1 is 1.15 bits per heavy atom. The van der Waals surface area contributed by atoms with Gasteiger partial charge < -0.3 is 15.0 Å². The Morgan fingerprint density at radius 2 is 1.85 bits per heavy atom. The van der Waals surface area contributed by atoms with E-state index >= 15 is 0 Å². The largest absolute Gasteiger partial charge is 0.497 e. The first-order valence-corrected chi connectivity index (χ1v) is 9.66. The summed E-state index contributed by atoms with van der Waals surface area (Å²) in [4.78, 5) is 24.3. The predicted octanol–water partition coefficient (Wildman–Crippen LogP) is 3.09. The van der Waals surface area contributed by atoms with Crippen LogP contribution in [0.25, 0.3) is 0 Å². The minimum atomic E-state index is -0.0696. The van der Waals surface area contributed by atoms with Crippen LogP contribution in [0.5, 0.6) is 5.75 Å². The number of carbonyl (C=O) groups is 1. The maximum absolute atomic E-state index is 12.4. The zero-order valence-corrected chi connectivity index (χ0v) is 16.2. The minimum Gasteiger partial charge on any atom is -0.497 e. The van der Waals surface area contributed by atoms with E-state index in [-0.39, 0.29) is 5.91 Å². The van der Waals surface area contributed by atoms with Crippen molar-refractivity contribution in [3.05, 3.63) is 46.8 Å². The monoisotopic (exact) mass is 366 g/mol. The van der Waals surface area contributed by atoms with Crippen molar-refractivity contribution >= 4 is 11.9 Å². The number of hydrogen-bond donors (Lipinski definition) is 1. The predicted molar refractivity (Wildman–Crippen MR) is 104 cm³/mol. The molecule has 0 spiro atoms. The highest BCUT2D eigenvalue weighted by atomic mass is 16.5. The first-order valence-electron chi connectivity index (χ1n) is 9.66. The molecule has 2 aliphatic heterocycles. The Kier molecular flexibility index (Phi) is 4.72. The van der Waals surface area contributed by atoms with Crippen molar-refractivity contribution in [2.45, 2.75) is 58.2 Å². The molecule has 1 amide bonds. The molecule has 1 fully saturated rings. The zero-order valence-electron chi connectivity index (χ0n) is 16.2. The average Bonchev–Trinajstić information content (AvgIpc) is 3.03. The summed E-state index contributed by atoms with van der Waals surface area (Å²) < 4.78 is 5.24. The average molecular weight is 366 g/mol. The van der Waals surface area contributed by atoms with Gasteiger partial charge in [-0.2, -0.15) is 0 Å². The van der Waals surface area contributed by atoms with Crippen molar-refractivity contribution in [2.75, 3.05) is 12.0 Å². The lowest BCUT2D eigenvalue weighted by Crippen LogP contribution is -2.45. The van der Waals surface area contributed by atoms with E-state index in [1.54, 1.807) is 7.11 Å². The van der Waals surface area contributed by atoms with Crippen LogP contribution < -0.4 is 15.0 Å². The highest BCUT2D eigenvalue weighted by Crippen LogP contribution is 2.30. The van der Waals surface area contributed by atoms with E-state index in [0.717, 1.165) is 41.5 Å². The second-order valence-electron chi connectivity index (χ2n) is 7.54. The number of nitrogens with zero attached hydrogens (tertiary/aromatic N) is 3. The number of ether oxygens (including phenoxy) is 1. The Labute approximate surface area is 160 Å². The van der Waals surface area contributed by atoms with Gasteiger partial charge in [0.1, 0.15) is 5.75 Å². The second-order valence-corrected chi connectivity index (χ2v) is 7.54. The molecule has 142 valence electrons. The van der Waals surface area contributed by atoms with Crippen molar-refractivity contribution in [1.29, 1.82) is 0 Å². The Morgan fingerprint density at radius 3 is 2.52 bits per heavy atom. The number of rotatable bonds is 4. The van der Waals surface area contributed by atoms with Gasteiger partial charge in [-0.05, 0) is 50.8 Å². The molecule has 2 aromatic rings. The molecule has 3 heterocycles. The van der Waals surface area contributed by atoms with E-state index in [4.69, 9.17) is 14.7 Å². The molecule has 27 heavy (non-hydrogen) atoms. The first-order chi connectivity index (χ1) is 13.1. The molecule has 1 N–H and O–H groups in total. The van der Waals surface area contributed by atoms with Crippen LogP contribution >= 0.6 is 0 Å². The van der Waals surface area contributed by atoms with Crippen LogP contribution in [0.2, 0.25) is 0 Å². The molecule has 0 bridgehead atoms. The third kappa shape index (κ3) is 3.36. The number of nitrogens with one attached hydrogen (secondary N) is 1. The number of amides is 1. The summed E-state index contributed by atoms with van der Waals surface area (Å²) in [5.41, 5.74) is 3.37. The molecule has 6 nitrogen and oxygen atoms in total. The lowest BCUT2D eigenvalue weighted by Gasteiger charge is -2.39. The van der Waals surface area contributed by atoms with Gasteiger partial charge in [0, 0.05) is 18.5 Å². The van der Waals surface area contributed by atoms with Gasteiger partial charge >= 0.3 is 0 Å². The van der Waals surface area contributed by atoms with Gasteiger partial charge in [0.05, 0.1) is 30.6 Å². The van der Waals surface area contributed by atoms with Crippen molar-refractivity contribution in [2.24, 2.45) is 0 Å². The Hall–Kier alpha value is -2.63. The van der Waals surface area contributed by atoms with Crippen LogP contribution in [0.1, 0.15) is 60.4 Å². The minimum absolute atomic E-state index is 0.0696. The topological polar surface area (TPSA) is 67.3 Å². The molecule has 1 aromatic carbocycles. The van der Waals surface area contributed by atoms with E-state index in [9.17, 15) is 4.79 Å². The van der Waals surface area contributed by atoms with Crippen LogP contribution in [0, 0.1) is 0 Å². The molecular formula is C21H26N4O2. The molecule has 1 saturated heterocycles. The van der Waals surface area contributed by atoms with Gasteiger partial charge in [0.15, 0.2) is 0 Å². The van der Waals surface area contributed by atoms with Gasteiger partial charge in [-0.3, -0.25) is 4.79 Å². The SMILES string of the molecule is COc1ccc(Cc2nc(N3[C@H](C)CCC[C@@H]3C)nc3c2C(=O)NC3)cc1. The molecule has 2 aliphatic rings. The molecule has 0 unspecified atom stereocenters. The van der Waals surface area contributed by atoms with E-state index in [1.165, 1.54) is 6.42 Å². The van der Waals surface area contributed by atoms with Crippen molar-refractivity contribution in [3.8, 4) is 5.75 Å². The zero-order chi connectivity index (χ0) is 19.0. The summed E-state index contributed by atoms with van der Waals surface area (Å²) in [6.45, 7) is 4.95. The maximum Gasteiger partial charge on any atom is 0.255 e. The van der Waals surface area contributed by atoms with E-state index in [1.807, 2.05) is 24.3 Å². The number of anilines is 1. The quantitative estimate of drug-likeness (QED) is 0.901. The van der Waals surface area contributed by atoms with Crippen LogP contribution in [0.15, 0.2) is 24.3 Å². The Balaban J connectivity index is 1.73. The summed E-state index contributed by atoms with van der Waals surface area (Å²) in [6.07, 6.45) is 4.14. The smallest absolute Gasteiger partial charge is 0.255 e. The normalized spacial score (nSPS) is 21.7. The number of aromatic nitrogens is 2. The molecule has 6 heteroatoms. The van der Waals surface area contributed by atoms with E-state index in [0.29, 0.717) is 30.6 Å². The van der Waals surface area contributed by atoms with Crippen molar-refractivity contribution in [3.63, 3.8) is 0 Å². The third-order valence-corrected chi connectivity index (χ3v) is 5.65. The fourth-order valence-corrected chi connectivity index (χ4v) is 4.18.